The van der Waals surface area contributed by atoms with Crippen LogP contribution in [0.4, 0.5) is 0 Å². The molecule has 0 unspecified atom stereocenters. The van der Waals surface area contributed by atoms with E-state index in [1.54, 1.807) is 6.07 Å². The fraction of sp³-hybridized carbons (Fsp3) is 0.182. The molecule has 0 amide bonds. The van der Waals surface area contributed by atoms with Crippen molar-refractivity contribution in [3.8, 4) is 0 Å². The van der Waals surface area contributed by atoms with Gasteiger partial charge in [-0.25, -0.2) is 9.78 Å². The largest absolute Gasteiger partial charge is 0.463 e. The van der Waals surface area contributed by atoms with Crippen LogP contribution in [0, 0.1) is 0 Å². The smallest absolute Gasteiger partial charge is 0.374 e. The normalized spacial score (nSPS) is 10.3. The van der Waals surface area contributed by atoms with Crippen LogP contribution < -0.4 is 5.56 Å². The molecule has 6 nitrogen and oxygen atoms in total. The maximum Gasteiger partial charge on any atom is 0.374 e. The summed E-state index contributed by atoms with van der Waals surface area (Å²) < 4.78 is 11.6. The zero-order valence-corrected chi connectivity index (χ0v) is 11.0. The molecule has 0 aromatic carbocycles. The minimum Gasteiger partial charge on any atom is -0.463 e. The summed E-state index contributed by atoms with van der Waals surface area (Å²) in [6.07, 6.45) is 2.80. The summed E-state index contributed by atoms with van der Waals surface area (Å²) in [5.41, 5.74) is 0.335. The molecular formula is C11H9BrN2O4. The second-order valence-electron chi connectivity index (χ2n) is 3.44. The number of nitrogens with zero attached hydrogens (tertiary/aromatic N) is 2. The molecule has 0 aliphatic carbocycles. The average molecular weight is 313 g/mol. The Morgan fingerprint density at radius 1 is 1.61 bits per heavy atom. The summed E-state index contributed by atoms with van der Waals surface area (Å²) in [5, 5.41) is 0. The first-order valence-electron chi connectivity index (χ1n) is 4.99. The Hall–Kier alpha value is -1.89. The third kappa shape index (κ3) is 2.51. The molecule has 2 rings (SSSR count). The van der Waals surface area contributed by atoms with Gasteiger partial charge in [-0.15, -0.1) is 0 Å². The fourth-order valence-corrected chi connectivity index (χ4v) is 1.90. The Bertz CT molecular complexity index is 632. The van der Waals surface area contributed by atoms with Gasteiger partial charge in [0.2, 0.25) is 5.76 Å². The number of rotatable bonds is 3. The lowest BCUT2D eigenvalue weighted by Crippen LogP contribution is -2.20. The number of hydrogen-bond donors (Lipinski definition) is 0. The number of ether oxygens (including phenoxy) is 1. The topological polar surface area (TPSA) is 74.3 Å². The van der Waals surface area contributed by atoms with E-state index in [-0.39, 0.29) is 17.9 Å². The lowest BCUT2D eigenvalue weighted by Gasteiger charge is -2.03. The van der Waals surface area contributed by atoms with Gasteiger partial charge in [-0.1, -0.05) is 0 Å². The summed E-state index contributed by atoms with van der Waals surface area (Å²) in [4.78, 5) is 26.9. The molecule has 0 N–H and O–H groups in total. The van der Waals surface area contributed by atoms with Crippen LogP contribution >= 0.6 is 15.9 Å². The number of aromatic nitrogens is 2. The predicted octanol–water partition coefficient (Wildman–Crippen LogP) is 1.43. The van der Waals surface area contributed by atoms with Gasteiger partial charge in [0.15, 0.2) is 4.67 Å². The lowest BCUT2D eigenvalue weighted by molar-refractivity contribution is 0.0561. The number of carbonyl (C=O) groups is 1. The van der Waals surface area contributed by atoms with Crippen molar-refractivity contribution in [3.05, 3.63) is 51.0 Å². The number of halogens is 1. The first kappa shape index (κ1) is 12.6. The SMILES string of the molecule is COC(=O)c1oc(Br)cc1Cn1cnccc1=O. The summed E-state index contributed by atoms with van der Waals surface area (Å²) in [6, 6.07) is 2.96. The van der Waals surface area contributed by atoms with Gasteiger partial charge in [0, 0.05) is 17.8 Å². The third-order valence-corrected chi connectivity index (χ3v) is 2.67. The summed E-state index contributed by atoms with van der Waals surface area (Å²) in [6.45, 7) is 0.187. The molecule has 2 aromatic heterocycles. The molecule has 0 aliphatic rings. The average Bonchev–Trinajstić information content (AvgIpc) is 2.72. The highest BCUT2D eigenvalue weighted by atomic mass is 79.9. The fourth-order valence-electron chi connectivity index (χ4n) is 1.46. The third-order valence-electron chi connectivity index (χ3n) is 2.28. The van der Waals surface area contributed by atoms with Crippen LogP contribution in [0.1, 0.15) is 16.1 Å². The van der Waals surface area contributed by atoms with Crippen molar-refractivity contribution in [2.45, 2.75) is 6.54 Å². The van der Waals surface area contributed by atoms with Crippen molar-refractivity contribution in [2.75, 3.05) is 7.11 Å². The van der Waals surface area contributed by atoms with Gasteiger partial charge < -0.3 is 9.15 Å². The monoisotopic (exact) mass is 312 g/mol. The van der Waals surface area contributed by atoms with Gasteiger partial charge in [-0.2, -0.15) is 0 Å². The van der Waals surface area contributed by atoms with Gasteiger partial charge in [0.05, 0.1) is 20.0 Å². The number of furan rings is 1. The molecule has 7 heteroatoms. The van der Waals surface area contributed by atoms with Crippen LogP contribution in [0.2, 0.25) is 0 Å². The number of hydrogen-bond acceptors (Lipinski definition) is 5. The van der Waals surface area contributed by atoms with Crippen molar-refractivity contribution in [1.29, 1.82) is 0 Å². The first-order valence-corrected chi connectivity index (χ1v) is 5.78. The van der Waals surface area contributed by atoms with E-state index in [4.69, 9.17) is 4.42 Å². The molecule has 18 heavy (non-hydrogen) atoms. The molecule has 0 spiro atoms. The number of methoxy groups -OCH3 is 1. The maximum atomic E-state index is 11.5. The molecule has 0 radical (unpaired) electrons. The van der Waals surface area contributed by atoms with E-state index < -0.39 is 5.97 Å². The molecule has 0 saturated heterocycles. The molecule has 0 aliphatic heterocycles. The van der Waals surface area contributed by atoms with Crippen LogP contribution in [0.5, 0.6) is 0 Å². The van der Waals surface area contributed by atoms with Crippen LogP contribution in [-0.4, -0.2) is 22.6 Å². The minimum absolute atomic E-state index is 0.0696. The molecule has 0 fully saturated rings. The molecule has 94 valence electrons. The maximum absolute atomic E-state index is 11.5. The van der Waals surface area contributed by atoms with E-state index in [9.17, 15) is 9.59 Å². The molecular weight excluding hydrogens is 304 g/mol. The van der Waals surface area contributed by atoms with Crippen molar-refractivity contribution >= 4 is 21.9 Å². The van der Waals surface area contributed by atoms with Crippen LogP contribution in [0.3, 0.4) is 0 Å². The van der Waals surface area contributed by atoms with Gasteiger partial charge in [0.1, 0.15) is 0 Å². The highest BCUT2D eigenvalue weighted by Crippen LogP contribution is 2.21. The summed E-state index contributed by atoms with van der Waals surface area (Å²) >= 11 is 3.13. The quantitative estimate of drug-likeness (QED) is 0.802. The second-order valence-corrected chi connectivity index (χ2v) is 4.22. The van der Waals surface area contributed by atoms with Gasteiger partial charge in [-0.05, 0) is 22.0 Å². The van der Waals surface area contributed by atoms with E-state index in [1.165, 1.54) is 30.3 Å². The van der Waals surface area contributed by atoms with Crippen molar-refractivity contribution < 1.29 is 13.9 Å². The Labute approximate surface area is 110 Å². The number of carbonyl (C=O) groups excluding carboxylic acids is 1. The zero-order chi connectivity index (χ0) is 13.1. The van der Waals surface area contributed by atoms with Gasteiger partial charge in [0.25, 0.3) is 5.56 Å². The summed E-state index contributed by atoms with van der Waals surface area (Å²) in [7, 11) is 1.26. The standard InChI is InChI=1S/C11H9BrN2O4/c1-17-11(16)10-7(4-8(12)18-10)5-14-6-13-3-2-9(14)15/h2-4,6H,5H2,1H3. The lowest BCUT2D eigenvalue weighted by atomic mass is 10.2. The molecule has 0 atom stereocenters. The van der Waals surface area contributed by atoms with Crippen LogP contribution in [0.25, 0.3) is 0 Å². The molecule has 0 saturated carbocycles. The zero-order valence-electron chi connectivity index (χ0n) is 9.42. The van der Waals surface area contributed by atoms with Gasteiger partial charge >= 0.3 is 5.97 Å². The van der Waals surface area contributed by atoms with Crippen LogP contribution in [0.15, 0.2) is 38.5 Å². The molecule has 2 heterocycles. The van der Waals surface area contributed by atoms with Crippen molar-refractivity contribution in [3.63, 3.8) is 0 Å². The highest BCUT2D eigenvalue weighted by Gasteiger charge is 2.18. The second kappa shape index (κ2) is 5.18. The van der Waals surface area contributed by atoms with Crippen LogP contribution in [-0.2, 0) is 11.3 Å². The Morgan fingerprint density at radius 3 is 3.06 bits per heavy atom. The van der Waals surface area contributed by atoms with Crippen molar-refractivity contribution in [2.24, 2.45) is 0 Å². The predicted molar refractivity (Wildman–Crippen MR) is 65.3 cm³/mol. The van der Waals surface area contributed by atoms with Crippen molar-refractivity contribution in [1.82, 2.24) is 9.55 Å². The van der Waals surface area contributed by atoms with E-state index >= 15 is 0 Å². The van der Waals surface area contributed by atoms with E-state index in [2.05, 4.69) is 25.7 Å². The molecule has 0 bridgehead atoms. The van der Waals surface area contributed by atoms with E-state index in [0.29, 0.717) is 10.2 Å². The number of esters is 1. The Balaban J connectivity index is 2.38. The van der Waals surface area contributed by atoms with E-state index in [1.807, 2.05) is 0 Å². The van der Waals surface area contributed by atoms with E-state index in [0.717, 1.165) is 0 Å². The Kier molecular flexibility index (Phi) is 3.61. The highest BCUT2D eigenvalue weighted by molar-refractivity contribution is 9.10. The summed E-state index contributed by atoms with van der Waals surface area (Å²) in [5.74, 6) is -0.521. The molecule has 2 aromatic rings. The van der Waals surface area contributed by atoms with Gasteiger partial charge in [-0.3, -0.25) is 9.36 Å². The minimum atomic E-state index is -0.590. The Morgan fingerprint density at radius 2 is 2.39 bits per heavy atom. The first-order chi connectivity index (χ1) is 8.61.